The monoisotopic (exact) mass is 344 g/mol. The van der Waals surface area contributed by atoms with Crippen LogP contribution in [0.3, 0.4) is 0 Å². The van der Waals surface area contributed by atoms with Gasteiger partial charge in [0.05, 0.1) is 10.3 Å². The zero-order valence-electron chi connectivity index (χ0n) is 14.8. The molecular formula is C20H24O3S. The number of carbonyl (C=O) groups is 2. The predicted octanol–water partition coefficient (Wildman–Crippen LogP) is 4.86. The van der Waals surface area contributed by atoms with Crippen molar-refractivity contribution < 1.29 is 14.3 Å². The molecule has 0 atom stereocenters. The number of rotatable bonds is 2. The molecule has 1 spiro atoms. The zero-order chi connectivity index (χ0) is 17.5. The Labute approximate surface area is 147 Å². The maximum atomic E-state index is 12.9. The van der Waals surface area contributed by atoms with Gasteiger partial charge >= 0.3 is 5.97 Å². The first-order valence-electron chi connectivity index (χ1n) is 8.59. The van der Waals surface area contributed by atoms with Crippen LogP contribution in [0.15, 0.2) is 17.9 Å². The fourth-order valence-electron chi connectivity index (χ4n) is 4.13. The van der Waals surface area contributed by atoms with E-state index in [9.17, 15) is 9.59 Å². The van der Waals surface area contributed by atoms with Crippen molar-refractivity contribution in [3.8, 4) is 0 Å². The summed E-state index contributed by atoms with van der Waals surface area (Å²) in [6.45, 7) is 7.53. The van der Waals surface area contributed by atoms with Gasteiger partial charge in [-0.15, -0.1) is 0 Å². The van der Waals surface area contributed by atoms with Gasteiger partial charge in [-0.05, 0) is 50.3 Å². The third-order valence-corrected chi connectivity index (χ3v) is 6.34. The molecule has 0 bridgehead atoms. The van der Waals surface area contributed by atoms with Crippen LogP contribution in [-0.4, -0.2) is 15.8 Å². The number of benzene rings is 1. The topological polar surface area (TPSA) is 43.4 Å². The summed E-state index contributed by atoms with van der Waals surface area (Å²) in [7, 11) is 0. The smallest absolute Gasteiger partial charge is 0.307 e. The number of esters is 1. The van der Waals surface area contributed by atoms with E-state index in [1.54, 1.807) is 0 Å². The van der Waals surface area contributed by atoms with Crippen molar-refractivity contribution >= 4 is 28.4 Å². The van der Waals surface area contributed by atoms with Gasteiger partial charge < -0.3 is 4.74 Å². The summed E-state index contributed by atoms with van der Waals surface area (Å²) >= 11 is 1.37. The number of hydrogen-bond donors (Lipinski definition) is 0. The first-order chi connectivity index (χ1) is 11.3. The molecule has 128 valence electrons. The summed E-state index contributed by atoms with van der Waals surface area (Å²) in [6, 6.07) is 4.18. The highest BCUT2D eigenvalue weighted by atomic mass is 32.2. The molecule has 2 aliphatic rings. The van der Waals surface area contributed by atoms with Crippen molar-refractivity contribution in [2.24, 2.45) is 0 Å². The Kier molecular flexibility index (Phi) is 4.60. The fourth-order valence-corrected chi connectivity index (χ4v) is 5.51. The van der Waals surface area contributed by atoms with E-state index in [2.05, 4.69) is 19.1 Å². The maximum Gasteiger partial charge on any atom is 0.307 e. The minimum absolute atomic E-state index is 0.0446. The Balaban J connectivity index is 2.22. The first-order valence-corrected chi connectivity index (χ1v) is 9.40. The Hall–Kier alpha value is -1.55. The molecule has 1 aliphatic carbocycles. The van der Waals surface area contributed by atoms with Gasteiger partial charge in [-0.2, -0.15) is 0 Å². The van der Waals surface area contributed by atoms with E-state index in [0.717, 1.165) is 42.4 Å². The van der Waals surface area contributed by atoms with E-state index in [0.29, 0.717) is 11.3 Å². The number of hydrogen-bond acceptors (Lipinski definition) is 4. The minimum atomic E-state index is -0.347. The van der Waals surface area contributed by atoms with Gasteiger partial charge in [0.15, 0.2) is 0 Å². The van der Waals surface area contributed by atoms with E-state index in [1.165, 1.54) is 30.7 Å². The number of aryl methyl sites for hydroxylation is 3. The van der Waals surface area contributed by atoms with Crippen molar-refractivity contribution in [1.82, 2.24) is 0 Å². The van der Waals surface area contributed by atoms with Crippen LogP contribution in [0, 0.1) is 20.8 Å². The lowest BCUT2D eigenvalue weighted by atomic mass is 9.83. The SMILES string of the molecule is CC(=O)OC1=C(c2c(C)cc(C)cc2C)C(=O)SC12CCCCC2. The highest BCUT2D eigenvalue weighted by Crippen LogP contribution is 2.55. The number of carbonyl (C=O) groups excluding carboxylic acids is 2. The Morgan fingerprint density at radius 1 is 1.08 bits per heavy atom. The summed E-state index contributed by atoms with van der Waals surface area (Å²) in [5, 5.41) is 0.0446. The lowest BCUT2D eigenvalue weighted by Gasteiger charge is -2.33. The van der Waals surface area contributed by atoms with E-state index in [1.807, 2.05) is 13.8 Å². The van der Waals surface area contributed by atoms with Gasteiger partial charge in [0.25, 0.3) is 0 Å². The van der Waals surface area contributed by atoms with Crippen LogP contribution in [0.2, 0.25) is 0 Å². The third kappa shape index (κ3) is 2.92. The Morgan fingerprint density at radius 2 is 1.67 bits per heavy atom. The van der Waals surface area contributed by atoms with Crippen molar-refractivity contribution in [2.45, 2.75) is 64.5 Å². The second-order valence-electron chi connectivity index (χ2n) is 7.02. The molecule has 0 radical (unpaired) electrons. The van der Waals surface area contributed by atoms with E-state index in [4.69, 9.17) is 4.74 Å². The normalized spacial score (nSPS) is 19.9. The lowest BCUT2D eigenvalue weighted by molar-refractivity contribution is -0.137. The second kappa shape index (κ2) is 6.40. The van der Waals surface area contributed by atoms with Crippen LogP contribution in [0.4, 0.5) is 0 Å². The van der Waals surface area contributed by atoms with Crippen molar-refractivity contribution in [1.29, 1.82) is 0 Å². The summed E-state index contributed by atoms with van der Waals surface area (Å²) in [5.41, 5.74) is 4.86. The number of ether oxygens (including phenoxy) is 1. The Morgan fingerprint density at radius 3 is 2.21 bits per heavy atom. The van der Waals surface area contributed by atoms with Crippen LogP contribution < -0.4 is 0 Å². The second-order valence-corrected chi connectivity index (χ2v) is 8.37. The molecule has 3 rings (SSSR count). The first kappa shape index (κ1) is 17.3. The van der Waals surface area contributed by atoms with Gasteiger partial charge in [0.2, 0.25) is 5.12 Å². The van der Waals surface area contributed by atoms with E-state index < -0.39 is 0 Å². The molecule has 0 unspecified atom stereocenters. The van der Waals surface area contributed by atoms with Gasteiger partial charge in [-0.1, -0.05) is 48.7 Å². The van der Waals surface area contributed by atoms with Gasteiger partial charge in [-0.3, -0.25) is 9.59 Å². The highest BCUT2D eigenvalue weighted by Gasteiger charge is 2.50. The van der Waals surface area contributed by atoms with Gasteiger partial charge in [0, 0.05) is 6.92 Å². The molecule has 4 heteroatoms. The average molecular weight is 344 g/mol. The van der Waals surface area contributed by atoms with Crippen LogP contribution in [0.25, 0.3) is 5.57 Å². The molecular weight excluding hydrogens is 320 g/mol. The molecule has 1 aliphatic heterocycles. The molecule has 3 nitrogen and oxygen atoms in total. The summed E-state index contributed by atoms with van der Waals surface area (Å²) in [4.78, 5) is 24.7. The van der Waals surface area contributed by atoms with Gasteiger partial charge in [0.1, 0.15) is 5.76 Å². The lowest BCUT2D eigenvalue weighted by Crippen LogP contribution is -2.30. The quantitative estimate of drug-likeness (QED) is 0.719. The van der Waals surface area contributed by atoms with E-state index >= 15 is 0 Å². The molecule has 0 N–H and O–H groups in total. The van der Waals surface area contributed by atoms with Crippen LogP contribution in [0.5, 0.6) is 0 Å². The standard InChI is InChI=1S/C20H24O3S/c1-12-10-13(2)16(14(3)11-12)17-18(23-15(4)21)20(24-19(17)22)8-6-5-7-9-20/h10-11H,5-9H2,1-4H3. The molecule has 1 aromatic carbocycles. The molecule has 0 saturated heterocycles. The van der Waals surface area contributed by atoms with Crippen molar-refractivity contribution in [3.63, 3.8) is 0 Å². The largest absolute Gasteiger partial charge is 0.429 e. The zero-order valence-corrected chi connectivity index (χ0v) is 15.6. The van der Waals surface area contributed by atoms with E-state index in [-0.39, 0.29) is 15.8 Å². The third-order valence-electron chi connectivity index (χ3n) is 4.97. The molecule has 24 heavy (non-hydrogen) atoms. The van der Waals surface area contributed by atoms with Crippen LogP contribution in [-0.2, 0) is 14.3 Å². The molecule has 0 aromatic heterocycles. The molecule has 0 amide bonds. The van der Waals surface area contributed by atoms with Crippen molar-refractivity contribution in [3.05, 3.63) is 40.1 Å². The molecule has 1 fully saturated rings. The van der Waals surface area contributed by atoms with Crippen LogP contribution >= 0.6 is 11.8 Å². The highest BCUT2D eigenvalue weighted by molar-refractivity contribution is 8.16. The minimum Gasteiger partial charge on any atom is -0.429 e. The summed E-state index contributed by atoms with van der Waals surface area (Å²) < 4.78 is 5.33. The van der Waals surface area contributed by atoms with Crippen molar-refractivity contribution in [2.75, 3.05) is 0 Å². The average Bonchev–Trinajstić information content (AvgIpc) is 2.71. The Bertz CT molecular complexity index is 716. The molecule has 1 heterocycles. The van der Waals surface area contributed by atoms with Crippen LogP contribution in [0.1, 0.15) is 61.3 Å². The van der Waals surface area contributed by atoms with Gasteiger partial charge in [-0.25, -0.2) is 0 Å². The predicted molar refractivity (Wildman–Crippen MR) is 97.8 cm³/mol. The fraction of sp³-hybridized carbons (Fsp3) is 0.500. The maximum absolute atomic E-state index is 12.9. The summed E-state index contributed by atoms with van der Waals surface area (Å²) in [6.07, 6.45) is 5.13. The summed E-state index contributed by atoms with van der Waals surface area (Å²) in [5.74, 6) is 0.268. The number of thioether (sulfide) groups is 1. The molecule has 1 aromatic rings. The molecule has 1 saturated carbocycles.